The second kappa shape index (κ2) is 8.05. The van der Waals surface area contributed by atoms with Crippen LogP contribution in [0.1, 0.15) is 12.5 Å². The van der Waals surface area contributed by atoms with E-state index in [0.717, 1.165) is 15.3 Å². The third kappa shape index (κ3) is 3.72. The maximum atomic E-state index is 13.0. The molecule has 0 aliphatic rings. The van der Waals surface area contributed by atoms with Gasteiger partial charge in [-0.25, -0.2) is 12.7 Å². The van der Waals surface area contributed by atoms with E-state index in [2.05, 4.69) is 4.98 Å². The van der Waals surface area contributed by atoms with Gasteiger partial charge in [-0.2, -0.15) is 0 Å². The molecule has 3 aromatic rings. The third-order valence-electron chi connectivity index (χ3n) is 3.68. The number of rotatable bonds is 3. The zero-order valence-corrected chi connectivity index (χ0v) is 15.5. The number of para-hydroxylation sites is 1. The van der Waals surface area contributed by atoms with Gasteiger partial charge in [0.1, 0.15) is 0 Å². The number of halogens is 1. The molecule has 3 rings (SSSR count). The van der Waals surface area contributed by atoms with E-state index in [1.165, 1.54) is 19.1 Å². The van der Waals surface area contributed by atoms with Gasteiger partial charge in [0.25, 0.3) is 10.0 Å². The Morgan fingerprint density at radius 1 is 1.00 bits per heavy atom. The number of alkyl halides is 1. The number of pyridine rings is 1. The van der Waals surface area contributed by atoms with Crippen molar-refractivity contribution in [1.82, 2.24) is 4.98 Å². The lowest BCUT2D eigenvalue weighted by molar-refractivity contribution is -0.115. The average Bonchev–Trinajstić information content (AvgIpc) is 2.63. The number of hydrogen-bond acceptors (Lipinski definition) is 4. The Hall–Kier alpha value is -2.80. The first-order valence-electron chi connectivity index (χ1n) is 7.75. The summed E-state index contributed by atoms with van der Waals surface area (Å²) in [5.41, 5.74) is 1.65. The molecule has 1 amide bonds. The van der Waals surface area contributed by atoms with Gasteiger partial charge >= 0.3 is 0 Å². The highest BCUT2D eigenvalue weighted by atomic mass is 32.2. The Balaban J connectivity index is 0.00000117. The highest BCUT2D eigenvalue weighted by Gasteiger charge is 2.30. The molecule has 0 N–H and O–H groups in total. The van der Waals surface area contributed by atoms with Crippen molar-refractivity contribution in [3.63, 3.8) is 0 Å². The normalized spacial score (nSPS) is 10.8. The van der Waals surface area contributed by atoms with Gasteiger partial charge < -0.3 is 0 Å². The number of hydrogen-bond donors (Lipinski definition) is 0. The summed E-state index contributed by atoms with van der Waals surface area (Å²) in [6, 6.07) is 15.1. The Bertz CT molecular complexity index is 1010. The van der Waals surface area contributed by atoms with Gasteiger partial charge in [0.15, 0.2) is 0 Å². The van der Waals surface area contributed by atoms with Crippen molar-refractivity contribution in [2.24, 2.45) is 0 Å². The van der Waals surface area contributed by atoms with Crippen LogP contribution in [-0.2, 0) is 14.8 Å². The molecule has 2 aromatic carbocycles. The average molecular weight is 374 g/mol. The van der Waals surface area contributed by atoms with E-state index in [9.17, 15) is 17.6 Å². The van der Waals surface area contributed by atoms with Gasteiger partial charge in [0.2, 0.25) is 5.91 Å². The number of anilines is 1. The van der Waals surface area contributed by atoms with Crippen LogP contribution in [0.4, 0.5) is 10.1 Å². The summed E-state index contributed by atoms with van der Waals surface area (Å²) >= 11 is 0. The topological polar surface area (TPSA) is 67.3 Å². The predicted molar refractivity (Wildman–Crippen MR) is 100 cm³/mol. The van der Waals surface area contributed by atoms with Crippen LogP contribution in [0, 0.1) is 6.92 Å². The molecule has 0 aliphatic carbocycles. The van der Waals surface area contributed by atoms with Crippen molar-refractivity contribution in [3.8, 4) is 0 Å². The summed E-state index contributed by atoms with van der Waals surface area (Å²) in [6.45, 7) is 3.10. The van der Waals surface area contributed by atoms with Gasteiger partial charge in [-0.3, -0.25) is 14.2 Å². The van der Waals surface area contributed by atoms with Crippen LogP contribution in [0.5, 0.6) is 0 Å². The molecule has 0 atom stereocenters. The molecule has 0 aliphatic heterocycles. The minimum absolute atomic E-state index is 0.0660. The Kier molecular flexibility index (Phi) is 6.05. The second-order valence-corrected chi connectivity index (χ2v) is 7.24. The van der Waals surface area contributed by atoms with E-state index < -0.39 is 15.9 Å². The molecule has 7 heteroatoms. The fourth-order valence-electron chi connectivity index (χ4n) is 2.54. The fourth-order valence-corrected chi connectivity index (χ4v) is 3.97. The van der Waals surface area contributed by atoms with Gasteiger partial charge in [-0.15, -0.1) is 0 Å². The van der Waals surface area contributed by atoms with Crippen molar-refractivity contribution in [2.45, 2.75) is 18.7 Å². The highest BCUT2D eigenvalue weighted by Crippen LogP contribution is 2.30. The van der Waals surface area contributed by atoms with Crippen molar-refractivity contribution in [1.29, 1.82) is 0 Å². The quantitative estimate of drug-likeness (QED) is 0.698. The van der Waals surface area contributed by atoms with E-state index in [1.54, 1.807) is 36.5 Å². The Labute approximate surface area is 152 Å². The van der Waals surface area contributed by atoms with E-state index in [-0.39, 0.29) is 10.6 Å². The molecule has 0 saturated heterocycles. The number of fused-ring (bicyclic) bond motifs is 1. The zero-order valence-electron chi connectivity index (χ0n) is 14.7. The molecule has 0 bridgehead atoms. The summed E-state index contributed by atoms with van der Waals surface area (Å²) in [6.07, 6.45) is 1.57. The maximum absolute atomic E-state index is 13.0. The molecule has 0 unspecified atom stereocenters. The van der Waals surface area contributed by atoms with Crippen molar-refractivity contribution in [2.75, 3.05) is 11.5 Å². The maximum Gasteiger partial charge on any atom is 0.270 e. The molecule has 136 valence electrons. The first-order valence-corrected chi connectivity index (χ1v) is 9.19. The molecule has 0 fully saturated rings. The zero-order chi connectivity index (χ0) is 19.3. The molecule has 1 aromatic heterocycles. The molecule has 0 spiro atoms. The summed E-state index contributed by atoms with van der Waals surface area (Å²) in [5.74, 6) is -0.589. The SMILES string of the molecule is CC(=O)N(c1cccc2cccnc12)S(=O)(=O)c1ccc(C)cc1.CF. The van der Waals surface area contributed by atoms with Crippen LogP contribution in [-0.4, -0.2) is 26.5 Å². The van der Waals surface area contributed by atoms with Crippen molar-refractivity contribution in [3.05, 3.63) is 66.4 Å². The number of aromatic nitrogens is 1. The number of sulfonamides is 1. The predicted octanol–water partition coefficient (Wildman–Crippen LogP) is 3.87. The van der Waals surface area contributed by atoms with Crippen molar-refractivity contribution >= 4 is 32.5 Å². The molecule has 26 heavy (non-hydrogen) atoms. The molecule has 0 saturated carbocycles. The Morgan fingerprint density at radius 3 is 2.23 bits per heavy atom. The minimum Gasteiger partial charge on any atom is -0.274 e. The lowest BCUT2D eigenvalue weighted by atomic mass is 10.2. The number of benzene rings is 2. The van der Waals surface area contributed by atoms with Crippen LogP contribution in [0.3, 0.4) is 0 Å². The largest absolute Gasteiger partial charge is 0.274 e. The molecular formula is C19H19FN2O3S. The summed E-state index contributed by atoms with van der Waals surface area (Å²) < 4.78 is 36.3. The van der Waals surface area contributed by atoms with Crippen LogP contribution >= 0.6 is 0 Å². The first kappa shape index (κ1) is 19.5. The van der Waals surface area contributed by atoms with Crippen LogP contribution in [0.15, 0.2) is 65.7 Å². The van der Waals surface area contributed by atoms with Crippen LogP contribution in [0.25, 0.3) is 10.9 Å². The number of carbonyl (C=O) groups is 1. The van der Waals surface area contributed by atoms with Crippen molar-refractivity contribution < 1.29 is 17.6 Å². The monoisotopic (exact) mass is 374 g/mol. The first-order chi connectivity index (χ1) is 12.4. The third-order valence-corrected chi connectivity index (χ3v) is 5.48. The second-order valence-electron chi connectivity index (χ2n) is 5.45. The summed E-state index contributed by atoms with van der Waals surface area (Å²) in [4.78, 5) is 16.5. The van der Waals surface area contributed by atoms with Crippen LogP contribution in [0.2, 0.25) is 0 Å². The highest BCUT2D eigenvalue weighted by molar-refractivity contribution is 7.93. The number of aryl methyl sites for hydroxylation is 1. The molecular weight excluding hydrogens is 355 g/mol. The summed E-state index contributed by atoms with van der Waals surface area (Å²) in [7, 11) is -3.52. The standard InChI is InChI=1S/C18H16N2O3S.CH3F/c1-13-8-10-16(11-9-13)24(22,23)20(14(2)21)17-7-3-5-15-6-4-12-19-18(15)17;1-2/h3-12H,1-2H3;1H3. The summed E-state index contributed by atoms with van der Waals surface area (Å²) in [5, 5.41) is 0.764. The van der Waals surface area contributed by atoms with Crippen LogP contribution < -0.4 is 4.31 Å². The molecule has 1 heterocycles. The van der Waals surface area contributed by atoms with Gasteiger partial charge in [0, 0.05) is 18.5 Å². The molecule has 5 nitrogen and oxygen atoms in total. The number of nitrogens with zero attached hydrogens (tertiary/aromatic N) is 2. The number of amides is 1. The number of carbonyl (C=O) groups excluding carboxylic acids is 1. The lowest BCUT2D eigenvalue weighted by Gasteiger charge is -2.22. The minimum atomic E-state index is -4.02. The van der Waals surface area contributed by atoms with Gasteiger partial charge in [0.05, 0.1) is 23.3 Å². The van der Waals surface area contributed by atoms with E-state index in [1.807, 2.05) is 19.1 Å². The fraction of sp³-hybridized carbons (Fsp3) is 0.158. The van der Waals surface area contributed by atoms with E-state index in [4.69, 9.17) is 0 Å². The van der Waals surface area contributed by atoms with E-state index >= 15 is 0 Å². The smallest absolute Gasteiger partial charge is 0.270 e. The van der Waals surface area contributed by atoms with Gasteiger partial charge in [-0.05, 0) is 31.2 Å². The van der Waals surface area contributed by atoms with E-state index in [0.29, 0.717) is 12.7 Å². The van der Waals surface area contributed by atoms with Gasteiger partial charge in [-0.1, -0.05) is 35.9 Å². The Morgan fingerprint density at radius 2 is 1.62 bits per heavy atom. The molecule has 0 radical (unpaired) electrons. The lowest BCUT2D eigenvalue weighted by Crippen LogP contribution is -2.35.